The molecule has 0 aromatic heterocycles. The summed E-state index contributed by atoms with van der Waals surface area (Å²) in [6.07, 6.45) is 8.10. The van der Waals surface area contributed by atoms with Crippen LogP contribution in [0, 0.1) is 45.8 Å². The third-order valence-electron chi connectivity index (χ3n) is 11.3. The Morgan fingerprint density at radius 2 is 1.94 bits per heavy atom. The summed E-state index contributed by atoms with van der Waals surface area (Å²) in [5, 5.41) is 20.7. The van der Waals surface area contributed by atoms with Crippen LogP contribution < -0.4 is 0 Å². The van der Waals surface area contributed by atoms with Crippen LogP contribution in [0.3, 0.4) is 0 Å². The maximum atomic E-state index is 13.1. The van der Waals surface area contributed by atoms with Gasteiger partial charge in [-0.25, -0.2) is 4.79 Å². The SMILES string of the molecule is CC1=C(CO)C(=O)OC(C(C)C2CCC3C4CC(O)C5(C=O)C=CC(=O)C5(C)C4CCC23C)C1. The number of aliphatic hydroxyl groups is 2. The highest BCUT2D eigenvalue weighted by molar-refractivity contribution is 6.02. The summed E-state index contributed by atoms with van der Waals surface area (Å²) < 4.78 is 5.81. The van der Waals surface area contributed by atoms with E-state index in [0.717, 1.165) is 37.5 Å². The Bertz CT molecular complexity index is 981. The molecular formula is C28H38O6. The zero-order chi connectivity index (χ0) is 24.6. The van der Waals surface area contributed by atoms with Gasteiger partial charge in [-0.15, -0.1) is 0 Å². The summed E-state index contributed by atoms with van der Waals surface area (Å²) in [4.78, 5) is 37.9. The highest BCUT2D eigenvalue weighted by Gasteiger charge is 2.70. The first kappa shape index (κ1) is 23.9. The molecule has 34 heavy (non-hydrogen) atoms. The molecule has 0 aromatic carbocycles. The number of aldehydes is 1. The molecule has 1 aliphatic heterocycles. The van der Waals surface area contributed by atoms with Gasteiger partial charge in [0.2, 0.25) is 0 Å². The van der Waals surface area contributed by atoms with Gasteiger partial charge < -0.3 is 19.7 Å². The molecule has 2 N–H and O–H groups in total. The molecule has 3 fully saturated rings. The number of esters is 1. The molecule has 1 heterocycles. The van der Waals surface area contributed by atoms with Crippen molar-refractivity contribution in [3.63, 3.8) is 0 Å². The lowest BCUT2D eigenvalue weighted by molar-refractivity contribution is -0.179. The summed E-state index contributed by atoms with van der Waals surface area (Å²) in [6.45, 7) is 8.09. The topological polar surface area (TPSA) is 101 Å². The number of carbonyl (C=O) groups is 3. The maximum Gasteiger partial charge on any atom is 0.336 e. The molecule has 0 saturated heterocycles. The van der Waals surface area contributed by atoms with Gasteiger partial charge >= 0.3 is 5.97 Å². The van der Waals surface area contributed by atoms with Crippen molar-refractivity contribution in [2.75, 3.05) is 6.61 Å². The lowest BCUT2D eigenvalue weighted by Crippen LogP contribution is -2.62. The fourth-order valence-electron chi connectivity index (χ4n) is 9.27. The molecule has 0 aromatic rings. The Morgan fingerprint density at radius 1 is 1.21 bits per heavy atom. The van der Waals surface area contributed by atoms with Gasteiger partial charge in [0.1, 0.15) is 12.4 Å². The molecule has 5 aliphatic rings. The van der Waals surface area contributed by atoms with Crippen LogP contribution in [0.5, 0.6) is 0 Å². The molecule has 10 atom stereocenters. The van der Waals surface area contributed by atoms with Crippen LogP contribution in [0.1, 0.15) is 66.2 Å². The highest BCUT2D eigenvalue weighted by Crippen LogP contribution is 2.70. The van der Waals surface area contributed by atoms with Gasteiger partial charge in [-0.2, -0.15) is 0 Å². The van der Waals surface area contributed by atoms with Crippen LogP contribution in [-0.4, -0.2) is 47.1 Å². The number of hydrogen-bond donors (Lipinski definition) is 2. The molecule has 186 valence electrons. The predicted octanol–water partition coefficient (Wildman–Crippen LogP) is 3.40. The molecule has 0 spiro atoms. The Kier molecular flexibility index (Phi) is 5.53. The average molecular weight is 471 g/mol. The number of allylic oxidation sites excluding steroid dienone is 1. The normalized spacial score (nSPS) is 48.8. The van der Waals surface area contributed by atoms with Crippen molar-refractivity contribution in [1.29, 1.82) is 0 Å². The average Bonchev–Trinajstić information content (AvgIpc) is 3.28. The Labute approximate surface area is 201 Å². The molecule has 5 rings (SSSR count). The van der Waals surface area contributed by atoms with Crippen molar-refractivity contribution in [2.45, 2.75) is 78.4 Å². The number of ketones is 1. The maximum absolute atomic E-state index is 13.1. The van der Waals surface area contributed by atoms with Crippen molar-refractivity contribution < 1.29 is 29.3 Å². The second kappa shape index (κ2) is 7.86. The summed E-state index contributed by atoms with van der Waals surface area (Å²) >= 11 is 0. The number of aliphatic hydroxyl groups excluding tert-OH is 2. The zero-order valence-corrected chi connectivity index (χ0v) is 20.8. The molecule has 10 unspecified atom stereocenters. The molecule has 0 amide bonds. The van der Waals surface area contributed by atoms with E-state index < -0.39 is 22.9 Å². The van der Waals surface area contributed by atoms with Crippen molar-refractivity contribution in [3.05, 3.63) is 23.3 Å². The largest absolute Gasteiger partial charge is 0.458 e. The van der Waals surface area contributed by atoms with Gasteiger partial charge in [-0.05, 0) is 80.1 Å². The smallest absolute Gasteiger partial charge is 0.336 e. The van der Waals surface area contributed by atoms with Crippen molar-refractivity contribution in [1.82, 2.24) is 0 Å². The predicted molar refractivity (Wildman–Crippen MR) is 125 cm³/mol. The van der Waals surface area contributed by atoms with E-state index in [2.05, 4.69) is 13.8 Å². The molecule has 3 saturated carbocycles. The quantitative estimate of drug-likeness (QED) is 0.482. The van der Waals surface area contributed by atoms with Crippen molar-refractivity contribution in [3.8, 4) is 0 Å². The van der Waals surface area contributed by atoms with Crippen LogP contribution in [0.2, 0.25) is 0 Å². The minimum atomic E-state index is -1.10. The van der Waals surface area contributed by atoms with Crippen molar-refractivity contribution >= 4 is 18.0 Å². The second-order valence-corrected chi connectivity index (χ2v) is 12.2. The van der Waals surface area contributed by atoms with E-state index in [9.17, 15) is 24.6 Å². The van der Waals surface area contributed by atoms with E-state index in [0.29, 0.717) is 30.3 Å². The summed E-state index contributed by atoms with van der Waals surface area (Å²) in [7, 11) is 0. The lowest BCUT2D eigenvalue weighted by atomic mass is 9.42. The summed E-state index contributed by atoms with van der Waals surface area (Å²) in [6, 6.07) is 0. The second-order valence-electron chi connectivity index (χ2n) is 12.2. The zero-order valence-electron chi connectivity index (χ0n) is 20.8. The van der Waals surface area contributed by atoms with Crippen LogP contribution in [-0.2, 0) is 19.1 Å². The van der Waals surface area contributed by atoms with Gasteiger partial charge in [0, 0.05) is 6.42 Å². The molecule has 0 bridgehead atoms. The first-order chi connectivity index (χ1) is 16.0. The van der Waals surface area contributed by atoms with E-state index in [-0.39, 0.29) is 41.7 Å². The number of carbonyl (C=O) groups excluding carboxylic acids is 3. The van der Waals surface area contributed by atoms with Crippen LogP contribution in [0.4, 0.5) is 0 Å². The third-order valence-corrected chi connectivity index (χ3v) is 11.3. The van der Waals surface area contributed by atoms with Gasteiger partial charge in [-0.1, -0.05) is 32.4 Å². The Balaban J connectivity index is 1.42. The van der Waals surface area contributed by atoms with E-state index in [1.807, 2.05) is 13.8 Å². The molecule has 0 radical (unpaired) electrons. The number of rotatable bonds is 4. The number of ether oxygens (including phenoxy) is 1. The standard InChI is InChI=1S/C28H38O6/c1-15-11-22(34-25(33)18(15)13-29)16(2)19-5-6-20-17-12-24(32)28(14-30)10-8-23(31)27(28,4)21(17)7-9-26(19,20)3/h8,10,14,16-17,19-22,24,29,32H,5-7,9,11-13H2,1-4H3. The fourth-order valence-corrected chi connectivity index (χ4v) is 9.27. The minimum Gasteiger partial charge on any atom is -0.458 e. The number of cyclic esters (lactones) is 1. The first-order valence-corrected chi connectivity index (χ1v) is 12.9. The molecule has 4 aliphatic carbocycles. The highest BCUT2D eigenvalue weighted by atomic mass is 16.5. The van der Waals surface area contributed by atoms with E-state index in [1.165, 1.54) is 6.08 Å². The fraction of sp³-hybridized carbons (Fsp3) is 0.750. The van der Waals surface area contributed by atoms with Gasteiger partial charge in [0.05, 0.1) is 29.1 Å². The van der Waals surface area contributed by atoms with E-state index in [1.54, 1.807) is 6.08 Å². The summed E-state index contributed by atoms with van der Waals surface area (Å²) in [5.74, 6) is 0.791. The third kappa shape index (κ3) is 2.84. The molecular weight excluding hydrogens is 432 g/mol. The minimum absolute atomic E-state index is 0.0177. The van der Waals surface area contributed by atoms with Crippen LogP contribution in [0.15, 0.2) is 23.3 Å². The monoisotopic (exact) mass is 470 g/mol. The first-order valence-electron chi connectivity index (χ1n) is 12.9. The van der Waals surface area contributed by atoms with Gasteiger partial charge in [-0.3, -0.25) is 4.79 Å². The van der Waals surface area contributed by atoms with Crippen molar-refractivity contribution in [2.24, 2.45) is 45.8 Å². The Morgan fingerprint density at radius 3 is 2.59 bits per heavy atom. The number of fused-ring (bicyclic) bond motifs is 5. The van der Waals surface area contributed by atoms with Crippen LogP contribution in [0.25, 0.3) is 0 Å². The lowest BCUT2D eigenvalue weighted by Gasteiger charge is -2.60. The van der Waals surface area contributed by atoms with Gasteiger partial charge in [0.15, 0.2) is 5.78 Å². The summed E-state index contributed by atoms with van der Waals surface area (Å²) in [5.41, 5.74) is -0.635. The Hall–Kier alpha value is -1.79. The number of hydrogen-bond acceptors (Lipinski definition) is 6. The van der Waals surface area contributed by atoms with E-state index >= 15 is 0 Å². The molecule has 6 heteroatoms. The van der Waals surface area contributed by atoms with Crippen LogP contribution >= 0.6 is 0 Å². The molecule has 6 nitrogen and oxygen atoms in total. The van der Waals surface area contributed by atoms with E-state index in [4.69, 9.17) is 4.74 Å². The van der Waals surface area contributed by atoms with Gasteiger partial charge in [0.25, 0.3) is 0 Å².